The summed E-state index contributed by atoms with van der Waals surface area (Å²) in [5.41, 5.74) is 10.6. The summed E-state index contributed by atoms with van der Waals surface area (Å²) in [5.74, 6) is 1.92. The fourth-order valence-electron chi connectivity index (χ4n) is 6.53. The van der Waals surface area contributed by atoms with Crippen LogP contribution in [0.25, 0.3) is 89.2 Å². The molecule has 0 N–H and O–H groups in total. The molecule has 0 atom stereocenters. The van der Waals surface area contributed by atoms with E-state index in [2.05, 4.69) is 140 Å². The molecule has 4 nitrogen and oxygen atoms in total. The van der Waals surface area contributed by atoms with E-state index in [1.54, 1.807) is 0 Å². The van der Waals surface area contributed by atoms with Gasteiger partial charge in [0.1, 0.15) is 0 Å². The van der Waals surface area contributed by atoms with Gasteiger partial charge in [0.15, 0.2) is 17.5 Å². The van der Waals surface area contributed by atoms with Crippen LogP contribution in [-0.4, -0.2) is 19.9 Å². The van der Waals surface area contributed by atoms with Gasteiger partial charge >= 0.3 is 0 Å². The lowest BCUT2D eigenvalue weighted by molar-refractivity contribution is 1.07. The Labute approximate surface area is 290 Å². The highest BCUT2D eigenvalue weighted by molar-refractivity contribution is 6.06. The van der Waals surface area contributed by atoms with Crippen LogP contribution in [0.15, 0.2) is 182 Å². The average Bonchev–Trinajstić information content (AvgIpc) is 3.21. The van der Waals surface area contributed by atoms with Gasteiger partial charge in [-0.15, -0.1) is 0 Å². The second-order valence-electron chi connectivity index (χ2n) is 12.4. The molecule has 0 saturated heterocycles. The molecule has 0 aliphatic rings. The molecule has 2 heterocycles. The van der Waals surface area contributed by atoms with Crippen LogP contribution in [0.4, 0.5) is 0 Å². The predicted octanol–water partition coefficient (Wildman–Crippen LogP) is 11.6. The standard InChI is InChI=1S/C46H30N4/c1-3-10-31(11-4-1)32-22-24-36(25-23-32)45-48-44(35-12-5-2-6-13-35)49-46(50-45)39-16-9-15-37(28-39)33-18-20-34(21-19-33)38-26-27-42-41-17-8-7-14-40(41)30-47-43(42)29-38/h1-30H. The Bertz CT molecular complexity index is 2620. The maximum Gasteiger partial charge on any atom is 0.164 e. The smallest absolute Gasteiger partial charge is 0.164 e. The fourth-order valence-corrected chi connectivity index (χ4v) is 6.53. The van der Waals surface area contributed by atoms with Crippen molar-refractivity contribution in [1.29, 1.82) is 0 Å². The van der Waals surface area contributed by atoms with E-state index in [1.165, 1.54) is 16.3 Å². The van der Waals surface area contributed by atoms with Crippen molar-refractivity contribution in [2.75, 3.05) is 0 Å². The number of hydrogen-bond acceptors (Lipinski definition) is 4. The van der Waals surface area contributed by atoms with E-state index < -0.39 is 0 Å². The van der Waals surface area contributed by atoms with Gasteiger partial charge in [0.25, 0.3) is 0 Å². The number of benzene rings is 7. The molecule has 0 spiro atoms. The van der Waals surface area contributed by atoms with Gasteiger partial charge in [-0.3, -0.25) is 4.98 Å². The fraction of sp³-hybridized carbons (Fsp3) is 0. The minimum Gasteiger partial charge on any atom is -0.256 e. The summed E-state index contributed by atoms with van der Waals surface area (Å²) < 4.78 is 0. The van der Waals surface area contributed by atoms with Gasteiger partial charge in [0, 0.05) is 33.7 Å². The van der Waals surface area contributed by atoms with Gasteiger partial charge in [-0.2, -0.15) is 0 Å². The second-order valence-corrected chi connectivity index (χ2v) is 12.4. The lowest BCUT2D eigenvalue weighted by Crippen LogP contribution is -2.00. The van der Waals surface area contributed by atoms with Crippen molar-refractivity contribution in [3.63, 3.8) is 0 Å². The number of fused-ring (bicyclic) bond motifs is 3. The van der Waals surface area contributed by atoms with Gasteiger partial charge in [0.2, 0.25) is 0 Å². The van der Waals surface area contributed by atoms with Crippen molar-refractivity contribution in [2.45, 2.75) is 0 Å². The van der Waals surface area contributed by atoms with E-state index in [4.69, 9.17) is 19.9 Å². The maximum atomic E-state index is 5.01. The zero-order chi connectivity index (χ0) is 33.3. The van der Waals surface area contributed by atoms with Crippen molar-refractivity contribution < 1.29 is 0 Å². The van der Waals surface area contributed by atoms with E-state index in [0.717, 1.165) is 55.4 Å². The van der Waals surface area contributed by atoms with Crippen LogP contribution >= 0.6 is 0 Å². The molecule has 0 aliphatic carbocycles. The monoisotopic (exact) mass is 638 g/mol. The normalized spacial score (nSPS) is 11.2. The third-order valence-corrected chi connectivity index (χ3v) is 9.18. The summed E-state index contributed by atoms with van der Waals surface area (Å²) in [6, 6.07) is 61.0. The Balaban J connectivity index is 1.05. The summed E-state index contributed by atoms with van der Waals surface area (Å²) in [5, 5.41) is 3.55. The van der Waals surface area contributed by atoms with Gasteiger partial charge in [-0.05, 0) is 50.9 Å². The van der Waals surface area contributed by atoms with Crippen molar-refractivity contribution in [3.05, 3.63) is 182 Å². The van der Waals surface area contributed by atoms with Gasteiger partial charge in [-0.1, -0.05) is 164 Å². The summed E-state index contributed by atoms with van der Waals surface area (Å²) in [7, 11) is 0. The van der Waals surface area contributed by atoms with Gasteiger partial charge < -0.3 is 0 Å². The first-order valence-electron chi connectivity index (χ1n) is 16.7. The lowest BCUT2D eigenvalue weighted by atomic mass is 9.97. The molecule has 9 aromatic rings. The molecule has 0 amide bonds. The lowest BCUT2D eigenvalue weighted by Gasteiger charge is -2.11. The minimum absolute atomic E-state index is 0.635. The number of aromatic nitrogens is 4. The van der Waals surface area contributed by atoms with Crippen molar-refractivity contribution in [3.8, 4) is 67.5 Å². The summed E-state index contributed by atoms with van der Waals surface area (Å²) in [6.45, 7) is 0. The number of pyridine rings is 1. The maximum absolute atomic E-state index is 5.01. The molecule has 2 aromatic heterocycles. The number of rotatable bonds is 6. The predicted molar refractivity (Wildman–Crippen MR) is 205 cm³/mol. The molecular formula is C46H30N4. The number of hydrogen-bond donors (Lipinski definition) is 0. The third-order valence-electron chi connectivity index (χ3n) is 9.18. The molecule has 0 unspecified atom stereocenters. The number of nitrogens with zero attached hydrogens (tertiary/aromatic N) is 4. The van der Waals surface area contributed by atoms with Crippen molar-refractivity contribution >= 4 is 21.7 Å². The van der Waals surface area contributed by atoms with E-state index in [-0.39, 0.29) is 0 Å². The first kappa shape index (κ1) is 29.4. The van der Waals surface area contributed by atoms with Crippen LogP contribution in [0, 0.1) is 0 Å². The highest BCUT2D eigenvalue weighted by Crippen LogP contribution is 2.32. The van der Waals surface area contributed by atoms with E-state index in [9.17, 15) is 0 Å². The Hall–Kier alpha value is -6.78. The zero-order valence-electron chi connectivity index (χ0n) is 27.1. The third kappa shape index (κ3) is 5.69. The first-order chi connectivity index (χ1) is 24.7. The Morgan fingerprint density at radius 2 is 0.720 bits per heavy atom. The molecule has 0 fully saturated rings. The topological polar surface area (TPSA) is 51.6 Å². The summed E-state index contributed by atoms with van der Waals surface area (Å²) in [4.78, 5) is 19.7. The Morgan fingerprint density at radius 1 is 0.280 bits per heavy atom. The molecule has 9 rings (SSSR count). The SMILES string of the molecule is c1ccc(-c2ccc(-c3nc(-c4ccccc4)nc(-c4cccc(-c5ccc(-c6ccc7c(c6)ncc6ccccc67)cc5)c4)n3)cc2)cc1. The highest BCUT2D eigenvalue weighted by atomic mass is 15.0. The summed E-state index contributed by atoms with van der Waals surface area (Å²) >= 11 is 0. The molecular weight excluding hydrogens is 609 g/mol. The molecule has 0 bridgehead atoms. The molecule has 0 saturated carbocycles. The molecule has 50 heavy (non-hydrogen) atoms. The van der Waals surface area contributed by atoms with Crippen molar-refractivity contribution in [1.82, 2.24) is 19.9 Å². The summed E-state index contributed by atoms with van der Waals surface area (Å²) in [6.07, 6.45) is 1.96. The molecule has 4 heteroatoms. The highest BCUT2D eigenvalue weighted by Gasteiger charge is 2.14. The van der Waals surface area contributed by atoms with Gasteiger partial charge in [0.05, 0.1) is 5.52 Å². The van der Waals surface area contributed by atoms with Crippen LogP contribution in [0.3, 0.4) is 0 Å². The van der Waals surface area contributed by atoms with E-state index in [1.807, 2.05) is 42.6 Å². The Kier molecular flexibility index (Phi) is 7.45. The van der Waals surface area contributed by atoms with E-state index in [0.29, 0.717) is 17.5 Å². The minimum atomic E-state index is 0.635. The van der Waals surface area contributed by atoms with E-state index >= 15 is 0 Å². The average molecular weight is 639 g/mol. The van der Waals surface area contributed by atoms with Crippen LogP contribution in [0.5, 0.6) is 0 Å². The molecule has 7 aromatic carbocycles. The van der Waals surface area contributed by atoms with Crippen molar-refractivity contribution in [2.24, 2.45) is 0 Å². The second kappa shape index (κ2) is 12.7. The molecule has 0 aliphatic heterocycles. The van der Waals surface area contributed by atoms with Gasteiger partial charge in [-0.25, -0.2) is 15.0 Å². The van der Waals surface area contributed by atoms with Crippen LogP contribution < -0.4 is 0 Å². The van der Waals surface area contributed by atoms with Crippen LogP contribution in [0.1, 0.15) is 0 Å². The quantitative estimate of drug-likeness (QED) is 0.170. The van der Waals surface area contributed by atoms with Crippen LogP contribution in [-0.2, 0) is 0 Å². The van der Waals surface area contributed by atoms with Crippen LogP contribution in [0.2, 0.25) is 0 Å². The Morgan fingerprint density at radius 3 is 1.40 bits per heavy atom. The largest absolute Gasteiger partial charge is 0.256 e. The first-order valence-corrected chi connectivity index (χ1v) is 16.7. The molecule has 234 valence electrons. The molecule has 0 radical (unpaired) electrons. The zero-order valence-corrected chi connectivity index (χ0v) is 27.1.